The van der Waals surface area contributed by atoms with Gasteiger partial charge in [-0.15, -0.1) is 0 Å². The summed E-state index contributed by atoms with van der Waals surface area (Å²) < 4.78 is 5.86. The van der Waals surface area contributed by atoms with E-state index in [1.54, 1.807) is 0 Å². The van der Waals surface area contributed by atoms with Gasteiger partial charge in [0.25, 0.3) is 0 Å². The van der Waals surface area contributed by atoms with Crippen LogP contribution in [0.2, 0.25) is 0 Å². The third kappa shape index (κ3) is 6.95. The van der Waals surface area contributed by atoms with Crippen LogP contribution < -0.4 is 0 Å². The lowest BCUT2D eigenvalue weighted by molar-refractivity contribution is -0.175. The zero-order valence-electron chi connectivity index (χ0n) is 14.4. The Morgan fingerprint density at radius 1 is 1.00 bits per heavy atom. The van der Waals surface area contributed by atoms with E-state index in [0.717, 1.165) is 13.0 Å². The summed E-state index contributed by atoms with van der Waals surface area (Å²) in [5, 5.41) is 0. The topological polar surface area (TPSA) is 29.5 Å². The maximum absolute atomic E-state index is 12.0. The minimum absolute atomic E-state index is 0.0753. The van der Waals surface area contributed by atoms with Crippen molar-refractivity contribution in [3.63, 3.8) is 0 Å². The van der Waals surface area contributed by atoms with Crippen molar-refractivity contribution in [2.24, 2.45) is 10.8 Å². The molecule has 114 valence electrons. The van der Waals surface area contributed by atoms with Gasteiger partial charge in [0.15, 0.2) is 0 Å². The third-order valence-electron chi connectivity index (χ3n) is 3.56. The molecular weight excluding hydrogens is 238 g/mol. The summed E-state index contributed by atoms with van der Waals surface area (Å²) in [4.78, 5) is 14.0. The van der Waals surface area contributed by atoms with Crippen LogP contribution in [0, 0.1) is 10.8 Å². The van der Waals surface area contributed by atoms with E-state index in [-0.39, 0.29) is 16.8 Å². The normalized spacial score (nSPS) is 16.3. The number of esters is 1. The molecule has 0 aromatic rings. The second-order valence-electron chi connectivity index (χ2n) is 8.25. The minimum Gasteiger partial charge on any atom is -0.459 e. The van der Waals surface area contributed by atoms with E-state index >= 15 is 0 Å². The lowest BCUT2D eigenvalue weighted by Gasteiger charge is -2.44. The molecule has 3 nitrogen and oxygen atoms in total. The van der Waals surface area contributed by atoms with Crippen LogP contribution in [0.4, 0.5) is 0 Å². The number of carbonyl (C=O) groups is 1. The highest BCUT2D eigenvalue weighted by Crippen LogP contribution is 2.42. The molecule has 0 aliphatic heterocycles. The Morgan fingerprint density at radius 3 is 1.79 bits per heavy atom. The molecule has 0 N–H and O–H groups in total. The first kappa shape index (κ1) is 18.4. The molecule has 0 saturated heterocycles. The lowest BCUT2D eigenvalue weighted by atomic mass is 9.69. The highest BCUT2D eigenvalue weighted by atomic mass is 16.6. The molecule has 0 fully saturated rings. The predicted molar refractivity (Wildman–Crippen MR) is 81.2 cm³/mol. The average molecular weight is 271 g/mol. The summed E-state index contributed by atoms with van der Waals surface area (Å²) in [5.74, 6) is -0.102. The van der Waals surface area contributed by atoms with E-state index in [2.05, 4.69) is 48.5 Å². The van der Waals surface area contributed by atoms with Gasteiger partial charge in [0.1, 0.15) is 5.60 Å². The number of rotatable bonds is 5. The number of ether oxygens (including phenoxy) is 1. The van der Waals surface area contributed by atoms with Gasteiger partial charge in [-0.05, 0) is 32.9 Å². The molecule has 0 rings (SSSR count). The van der Waals surface area contributed by atoms with Crippen molar-refractivity contribution in [1.82, 2.24) is 4.90 Å². The van der Waals surface area contributed by atoms with E-state index in [0.29, 0.717) is 6.42 Å². The molecule has 0 heterocycles. The van der Waals surface area contributed by atoms with Crippen molar-refractivity contribution in [3.05, 3.63) is 0 Å². The largest absolute Gasteiger partial charge is 0.459 e. The van der Waals surface area contributed by atoms with E-state index in [4.69, 9.17) is 4.74 Å². The van der Waals surface area contributed by atoms with E-state index in [9.17, 15) is 4.79 Å². The molecule has 1 atom stereocenters. The Balaban J connectivity index is 4.84. The van der Waals surface area contributed by atoms with Crippen LogP contribution in [0.25, 0.3) is 0 Å². The molecule has 0 saturated carbocycles. The highest BCUT2D eigenvalue weighted by molar-refractivity contribution is 5.70. The van der Waals surface area contributed by atoms with Crippen molar-refractivity contribution in [1.29, 1.82) is 0 Å². The zero-order chi connectivity index (χ0) is 15.5. The molecule has 0 aliphatic carbocycles. The Kier molecular flexibility index (Phi) is 6.07. The SMILES string of the molecule is CN(C)CCC(=O)OC(C)(CC(C)(C)C)C(C)(C)C. The Morgan fingerprint density at radius 2 is 1.47 bits per heavy atom. The van der Waals surface area contributed by atoms with Crippen LogP contribution in [0.1, 0.15) is 61.3 Å². The van der Waals surface area contributed by atoms with Gasteiger partial charge in [-0.2, -0.15) is 0 Å². The van der Waals surface area contributed by atoms with E-state index < -0.39 is 5.60 Å². The second kappa shape index (κ2) is 6.25. The summed E-state index contributed by atoms with van der Waals surface area (Å²) in [6, 6.07) is 0. The van der Waals surface area contributed by atoms with E-state index in [1.807, 2.05) is 19.0 Å². The molecule has 3 heteroatoms. The highest BCUT2D eigenvalue weighted by Gasteiger charge is 2.43. The summed E-state index contributed by atoms with van der Waals surface area (Å²) in [7, 11) is 3.93. The van der Waals surface area contributed by atoms with Crippen molar-refractivity contribution >= 4 is 5.97 Å². The minimum atomic E-state index is -0.436. The molecule has 0 aromatic heterocycles. The first-order chi connectivity index (χ1) is 8.27. The van der Waals surface area contributed by atoms with Crippen LogP contribution in [-0.4, -0.2) is 37.1 Å². The molecule has 1 unspecified atom stereocenters. The van der Waals surface area contributed by atoms with Gasteiger partial charge in [0.05, 0.1) is 6.42 Å². The monoisotopic (exact) mass is 271 g/mol. The van der Waals surface area contributed by atoms with Gasteiger partial charge in [0.2, 0.25) is 0 Å². The average Bonchev–Trinajstić information content (AvgIpc) is 2.09. The van der Waals surface area contributed by atoms with Gasteiger partial charge in [-0.25, -0.2) is 0 Å². The first-order valence-electron chi connectivity index (χ1n) is 7.13. The Hall–Kier alpha value is -0.570. The van der Waals surface area contributed by atoms with Crippen molar-refractivity contribution in [3.8, 4) is 0 Å². The van der Waals surface area contributed by atoms with Crippen LogP contribution in [0.3, 0.4) is 0 Å². The summed E-state index contributed by atoms with van der Waals surface area (Å²) in [6.45, 7) is 15.8. The summed E-state index contributed by atoms with van der Waals surface area (Å²) in [5.41, 5.74) is -0.382. The van der Waals surface area contributed by atoms with Crippen LogP contribution >= 0.6 is 0 Å². The van der Waals surface area contributed by atoms with Gasteiger partial charge < -0.3 is 9.64 Å². The van der Waals surface area contributed by atoms with Gasteiger partial charge in [-0.1, -0.05) is 41.5 Å². The molecule has 0 radical (unpaired) electrons. The molecule has 0 bridgehead atoms. The fraction of sp³-hybridized carbons (Fsp3) is 0.938. The maximum Gasteiger partial charge on any atom is 0.307 e. The van der Waals surface area contributed by atoms with Gasteiger partial charge in [-0.3, -0.25) is 4.79 Å². The lowest BCUT2D eigenvalue weighted by Crippen LogP contribution is -2.47. The van der Waals surface area contributed by atoms with Crippen LogP contribution in [0.5, 0.6) is 0 Å². The molecule has 19 heavy (non-hydrogen) atoms. The number of hydrogen-bond acceptors (Lipinski definition) is 3. The smallest absolute Gasteiger partial charge is 0.307 e. The third-order valence-corrected chi connectivity index (χ3v) is 3.56. The predicted octanol–water partition coefficient (Wildman–Crippen LogP) is 3.72. The number of carbonyl (C=O) groups excluding carboxylic acids is 1. The quantitative estimate of drug-likeness (QED) is 0.714. The molecule has 0 aliphatic rings. The standard InChI is InChI=1S/C16H33NO2/c1-14(2,3)12-16(7,15(4,5)6)19-13(18)10-11-17(8)9/h10-12H2,1-9H3. The van der Waals surface area contributed by atoms with Crippen molar-refractivity contribution in [2.75, 3.05) is 20.6 Å². The van der Waals surface area contributed by atoms with Gasteiger partial charge in [0, 0.05) is 12.0 Å². The molecule has 0 spiro atoms. The van der Waals surface area contributed by atoms with Crippen LogP contribution in [0.15, 0.2) is 0 Å². The van der Waals surface area contributed by atoms with Crippen molar-refractivity contribution < 1.29 is 9.53 Å². The second-order valence-corrected chi connectivity index (χ2v) is 8.25. The maximum atomic E-state index is 12.0. The summed E-state index contributed by atoms with van der Waals surface area (Å²) in [6.07, 6.45) is 1.31. The number of nitrogens with zero attached hydrogens (tertiary/aromatic N) is 1. The zero-order valence-corrected chi connectivity index (χ0v) is 14.4. The Bertz CT molecular complexity index is 297. The fourth-order valence-electron chi connectivity index (χ4n) is 2.08. The molecule has 0 aromatic carbocycles. The molecular formula is C16H33NO2. The van der Waals surface area contributed by atoms with Crippen LogP contribution in [-0.2, 0) is 9.53 Å². The Labute approximate surface area is 119 Å². The van der Waals surface area contributed by atoms with E-state index in [1.165, 1.54) is 0 Å². The van der Waals surface area contributed by atoms with Crippen molar-refractivity contribution in [2.45, 2.75) is 66.9 Å². The van der Waals surface area contributed by atoms with Gasteiger partial charge >= 0.3 is 5.97 Å². The molecule has 0 amide bonds. The fourth-order valence-corrected chi connectivity index (χ4v) is 2.08. The first-order valence-corrected chi connectivity index (χ1v) is 7.13. The number of hydrogen-bond donors (Lipinski definition) is 0. The summed E-state index contributed by atoms with van der Waals surface area (Å²) >= 11 is 0.